The molecule has 1 saturated heterocycles. The van der Waals surface area contributed by atoms with E-state index < -0.39 is 5.60 Å². The van der Waals surface area contributed by atoms with Crippen molar-refractivity contribution in [2.45, 2.75) is 45.3 Å². The third-order valence-corrected chi connectivity index (χ3v) is 4.99. The lowest BCUT2D eigenvalue weighted by atomic mass is 10.0. The molecule has 1 aliphatic rings. The molecule has 7 heteroatoms. The lowest BCUT2D eigenvalue weighted by Gasteiger charge is -2.26. The van der Waals surface area contributed by atoms with Crippen LogP contribution in [0.5, 0.6) is 0 Å². The molecular formula is C22H30N4O3. The lowest BCUT2D eigenvalue weighted by molar-refractivity contribution is -0.119. The SMILES string of the molecule is CCNC(=NCc1ccc(N2CCCCC2=O)cc1)NCC(C)(O)c1ccco1. The minimum absolute atomic E-state index is 0.198. The molecule has 2 heterocycles. The van der Waals surface area contributed by atoms with Gasteiger partial charge in [0.15, 0.2) is 5.96 Å². The highest BCUT2D eigenvalue weighted by atomic mass is 16.4. The molecule has 1 aliphatic heterocycles. The molecule has 0 bridgehead atoms. The molecule has 1 atom stereocenters. The molecule has 1 fully saturated rings. The van der Waals surface area contributed by atoms with E-state index >= 15 is 0 Å². The standard InChI is InChI=1S/C22H30N4O3/c1-3-23-21(25-16-22(2,28)19-7-6-14-29-19)24-15-17-9-11-18(12-10-17)26-13-5-4-8-20(26)27/h6-7,9-12,14,28H,3-5,8,13,15-16H2,1-2H3,(H2,23,24,25). The Bertz CT molecular complexity index is 813. The summed E-state index contributed by atoms with van der Waals surface area (Å²) in [4.78, 5) is 18.5. The van der Waals surface area contributed by atoms with Gasteiger partial charge in [0.05, 0.1) is 19.4 Å². The van der Waals surface area contributed by atoms with Crippen LogP contribution in [-0.4, -0.2) is 36.6 Å². The first-order valence-electron chi connectivity index (χ1n) is 10.2. The van der Waals surface area contributed by atoms with Gasteiger partial charge in [-0.1, -0.05) is 12.1 Å². The maximum absolute atomic E-state index is 12.1. The third kappa shape index (κ3) is 5.60. The molecule has 1 amide bonds. The summed E-state index contributed by atoms with van der Waals surface area (Å²) in [6, 6.07) is 11.5. The van der Waals surface area contributed by atoms with E-state index in [2.05, 4.69) is 15.6 Å². The van der Waals surface area contributed by atoms with Crippen LogP contribution in [0.3, 0.4) is 0 Å². The second-order valence-corrected chi connectivity index (χ2v) is 7.47. The van der Waals surface area contributed by atoms with E-state index in [1.54, 1.807) is 25.3 Å². The average molecular weight is 399 g/mol. The number of nitrogens with zero attached hydrogens (tertiary/aromatic N) is 2. The minimum Gasteiger partial charge on any atom is -0.466 e. The van der Waals surface area contributed by atoms with Crippen LogP contribution in [0.4, 0.5) is 5.69 Å². The van der Waals surface area contributed by atoms with Gasteiger partial charge in [-0.05, 0) is 56.5 Å². The molecule has 7 nitrogen and oxygen atoms in total. The summed E-state index contributed by atoms with van der Waals surface area (Å²) in [7, 11) is 0. The van der Waals surface area contributed by atoms with Crippen LogP contribution in [0.25, 0.3) is 0 Å². The van der Waals surface area contributed by atoms with Crippen molar-refractivity contribution in [1.29, 1.82) is 0 Å². The second-order valence-electron chi connectivity index (χ2n) is 7.47. The molecule has 0 spiro atoms. The number of anilines is 1. The van der Waals surface area contributed by atoms with Crippen LogP contribution >= 0.6 is 0 Å². The Labute approximate surface area is 171 Å². The molecule has 3 rings (SSSR count). The molecular weight excluding hydrogens is 368 g/mol. The Morgan fingerprint density at radius 3 is 2.69 bits per heavy atom. The van der Waals surface area contributed by atoms with Crippen molar-refractivity contribution in [2.75, 3.05) is 24.5 Å². The van der Waals surface area contributed by atoms with Crippen molar-refractivity contribution in [2.24, 2.45) is 4.99 Å². The summed E-state index contributed by atoms with van der Waals surface area (Å²) < 4.78 is 5.31. The van der Waals surface area contributed by atoms with E-state index in [9.17, 15) is 9.90 Å². The van der Waals surface area contributed by atoms with E-state index in [1.165, 1.54) is 0 Å². The Balaban J connectivity index is 1.60. The first-order valence-corrected chi connectivity index (χ1v) is 10.2. The van der Waals surface area contributed by atoms with Gasteiger partial charge in [0, 0.05) is 25.2 Å². The van der Waals surface area contributed by atoms with Crippen molar-refractivity contribution in [3.63, 3.8) is 0 Å². The van der Waals surface area contributed by atoms with Crippen LogP contribution in [0, 0.1) is 0 Å². The van der Waals surface area contributed by atoms with Crippen LogP contribution in [0.2, 0.25) is 0 Å². The smallest absolute Gasteiger partial charge is 0.226 e. The van der Waals surface area contributed by atoms with Gasteiger partial charge in [-0.25, -0.2) is 4.99 Å². The zero-order valence-electron chi connectivity index (χ0n) is 17.1. The number of rotatable bonds is 7. The summed E-state index contributed by atoms with van der Waals surface area (Å²) >= 11 is 0. The van der Waals surface area contributed by atoms with E-state index in [0.29, 0.717) is 31.2 Å². The number of carbonyl (C=O) groups excluding carboxylic acids is 1. The zero-order valence-corrected chi connectivity index (χ0v) is 17.1. The van der Waals surface area contributed by atoms with E-state index in [-0.39, 0.29) is 12.5 Å². The largest absolute Gasteiger partial charge is 0.466 e. The fraction of sp³-hybridized carbons (Fsp3) is 0.455. The van der Waals surface area contributed by atoms with Gasteiger partial charge < -0.3 is 25.1 Å². The summed E-state index contributed by atoms with van der Waals surface area (Å²) in [5, 5.41) is 16.9. The molecule has 0 radical (unpaired) electrons. The number of guanidine groups is 1. The summed E-state index contributed by atoms with van der Waals surface area (Å²) in [5.74, 6) is 1.32. The fourth-order valence-corrected chi connectivity index (χ4v) is 3.30. The van der Waals surface area contributed by atoms with Crippen molar-refractivity contribution < 1.29 is 14.3 Å². The van der Waals surface area contributed by atoms with Gasteiger partial charge in [-0.3, -0.25) is 4.79 Å². The first-order chi connectivity index (χ1) is 14.0. The summed E-state index contributed by atoms with van der Waals surface area (Å²) in [5.41, 5.74) is 0.859. The zero-order chi connectivity index (χ0) is 20.7. The highest BCUT2D eigenvalue weighted by Gasteiger charge is 2.26. The van der Waals surface area contributed by atoms with Gasteiger partial charge in [-0.2, -0.15) is 0 Å². The van der Waals surface area contributed by atoms with E-state index in [0.717, 1.165) is 30.6 Å². The second kappa shape index (κ2) is 9.60. The molecule has 2 aromatic rings. The molecule has 3 N–H and O–H groups in total. The predicted molar refractivity (Wildman–Crippen MR) is 114 cm³/mol. The summed E-state index contributed by atoms with van der Waals surface area (Å²) in [6.07, 6.45) is 4.21. The molecule has 156 valence electrons. The van der Waals surface area contributed by atoms with E-state index in [1.807, 2.05) is 36.1 Å². The van der Waals surface area contributed by atoms with Crippen LogP contribution in [-0.2, 0) is 16.9 Å². The number of hydrogen-bond donors (Lipinski definition) is 3. The predicted octanol–water partition coefficient (Wildman–Crippen LogP) is 2.76. The van der Waals surface area contributed by atoms with Gasteiger partial charge in [0.25, 0.3) is 0 Å². The topological polar surface area (TPSA) is 90.1 Å². The number of hydrogen-bond acceptors (Lipinski definition) is 4. The molecule has 0 aliphatic carbocycles. The van der Waals surface area contributed by atoms with Gasteiger partial charge in [0.2, 0.25) is 5.91 Å². The molecule has 1 aromatic heterocycles. The maximum Gasteiger partial charge on any atom is 0.226 e. The molecule has 0 saturated carbocycles. The molecule has 1 unspecified atom stereocenters. The Morgan fingerprint density at radius 2 is 2.03 bits per heavy atom. The number of piperidine rings is 1. The number of amides is 1. The average Bonchev–Trinajstić information content (AvgIpc) is 3.27. The quantitative estimate of drug-likeness (QED) is 0.493. The van der Waals surface area contributed by atoms with Crippen LogP contribution < -0.4 is 15.5 Å². The number of aliphatic hydroxyl groups is 1. The monoisotopic (exact) mass is 398 g/mol. The Morgan fingerprint density at radius 1 is 1.24 bits per heavy atom. The van der Waals surface area contributed by atoms with Crippen LogP contribution in [0.1, 0.15) is 44.4 Å². The van der Waals surface area contributed by atoms with Crippen molar-refractivity contribution >= 4 is 17.6 Å². The lowest BCUT2D eigenvalue weighted by Crippen LogP contribution is -2.44. The van der Waals surface area contributed by atoms with Crippen LogP contribution in [0.15, 0.2) is 52.1 Å². The first kappa shape index (κ1) is 20.9. The maximum atomic E-state index is 12.1. The van der Waals surface area contributed by atoms with Gasteiger partial charge in [0.1, 0.15) is 11.4 Å². The van der Waals surface area contributed by atoms with Crippen molar-refractivity contribution in [3.8, 4) is 0 Å². The highest BCUT2D eigenvalue weighted by Crippen LogP contribution is 2.22. The van der Waals surface area contributed by atoms with Gasteiger partial charge >= 0.3 is 0 Å². The molecule has 29 heavy (non-hydrogen) atoms. The van der Waals surface area contributed by atoms with Gasteiger partial charge in [-0.15, -0.1) is 0 Å². The minimum atomic E-state index is -1.14. The van der Waals surface area contributed by atoms with Crippen molar-refractivity contribution in [1.82, 2.24) is 10.6 Å². The number of aliphatic imine (C=N–C) groups is 1. The third-order valence-electron chi connectivity index (χ3n) is 4.99. The number of furan rings is 1. The van der Waals surface area contributed by atoms with E-state index in [4.69, 9.17) is 4.42 Å². The molecule has 1 aromatic carbocycles. The fourth-order valence-electron chi connectivity index (χ4n) is 3.30. The number of benzene rings is 1. The number of nitrogens with one attached hydrogen (secondary N) is 2. The highest BCUT2D eigenvalue weighted by molar-refractivity contribution is 5.93. The Hall–Kier alpha value is -2.80. The number of carbonyl (C=O) groups is 1. The summed E-state index contributed by atoms with van der Waals surface area (Å²) in [6.45, 7) is 5.95. The Kier molecular flexibility index (Phi) is 6.93. The van der Waals surface area contributed by atoms with Crippen molar-refractivity contribution in [3.05, 3.63) is 54.0 Å². The normalized spacial score (nSPS) is 17.1.